The molecule has 0 aliphatic heterocycles. The molecule has 1 unspecified atom stereocenters. The Labute approximate surface area is 115 Å². The Kier molecular flexibility index (Phi) is 5.34. The average molecular weight is 264 g/mol. The molecule has 3 heteroatoms. The molecule has 0 aromatic heterocycles. The standard InChI is InChI=1S/C16H25FN2/c1-19(15-9-4-2-3-5-10-15)12-16(18)13-7-6-8-14(17)11-13/h6-8,11,15-16H,2-5,9-10,12,18H2,1H3. The molecule has 2 nitrogen and oxygen atoms in total. The minimum atomic E-state index is -0.204. The molecule has 0 amide bonds. The van der Waals surface area contributed by atoms with Crippen LogP contribution in [0.5, 0.6) is 0 Å². The second kappa shape index (κ2) is 7.01. The van der Waals surface area contributed by atoms with E-state index in [4.69, 9.17) is 5.73 Å². The van der Waals surface area contributed by atoms with Crippen LogP contribution in [0.1, 0.15) is 50.1 Å². The topological polar surface area (TPSA) is 29.3 Å². The first-order valence-electron chi connectivity index (χ1n) is 7.38. The summed E-state index contributed by atoms with van der Waals surface area (Å²) in [6.45, 7) is 0.800. The molecule has 0 spiro atoms. The molecule has 2 N–H and O–H groups in total. The molecule has 0 heterocycles. The zero-order valence-electron chi connectivity index (χ0n) is 11.8. The predicted molar refractivity (Wildman–Crippen MR) is 77.4 cm³/mol. The van der Waals surface area contributed by atoms with Crippen LogP contribution in [0.2, 0.25) is 0 Å². The van der Waals surface area contributed by atoms with Crippen molar-refractivity contribution in [3.05, 3.63) is 35.6 Å². The summed E-state index contributed by atoms with van der Waals surface area (Å²) < 4.78 is 13.2. The third-order valence-electron chi connectivity index (χ3n) is 4.21. The molecule has 1 atom stereocenters. The monoisotopic (exact) mass is 264 g/mol. The summed E-state index contributed by atoms with van der Waals surface area (Å²) in [7, 11) is 2.15. The van der Waals surface area contributed by atoms with Gasteiger partial charge in [-0.3, -0.25) is 0 Å². The Bertz CT molecular complexity index is 386. The van der Waals surface area contributed by atoms with Crippen LogP contribution in [-0.2, 0) is 0 Å². The highest BCUT2D eigenvalue weighted by molar-refractivity contribution is 5.20. The van der Waals surface area contributed by atoms with Gasteiger partial charge in [-0.15, -0.1) is 0 Å². The fourth-order valence-corrected chi connectivity index (χ4v) is 3.00. The highest BCUT2D eigenvalue weighted by Gasteiger charge is 2.19. The molecule has 0 radical (unpaired) electrons. The van der Waals surface area contributed by atoms with E-state index < -0.39 is 0 Å². The van der Waals surface area contributed by atoms with Crippen LogP contribution in [0, 0.1) is 5.82 Å². The lowest BCUT2D eigenvalue weighted by molar-refractivity contribution is 0.209. The van der Waals surface area contributed by atoms with Gasteiger partial charge >= 0.3 is 0 Å². The summed E-state index contributed by atoms with van der Waals surface area (Å²) in [5.41, 5.74) is 7.09. The van der Waals surface area contributed by atoms with Crippen molar-refractivity contribution in [1.82, 2.24) is 4.90 Å². The van der Waals surface area contributed by atoms with Gasteiger partial charge in [0.15, 0.2) is 0 Å². The van der Waals surface area contributed by atoms with Gasteiger partial charge in [-0.05, 0) is 37.6 Å². The fraction of sp³-hybridized carbons (Fsp3) is 0.625. The SMILES string of the molecule is CN(CC(N)c1cccc(F)c1)C1CCCCCC1. The van der Waals surface area contributed by atoms with Crippen molar-refractivity contribution in [3.8, 4) is 0 Å². The van der Waals surface area contributed by atoms with E-state index in [2.05, 4.69) is 11.9 Å². The number of rotatable bonds is 4. The maximum absolute atomic E-state index is 13.2. The first-order valence-corrected chi connectivity index (χ1v) is 7.38. The second-order valence-corrected chi connectivity index (χ2v) is 5.75. The van der Waals surface area contributed by atoms with Crippen LogP contribution in [0.25, 0.3) is 0 Å². The van der Waals surface area contributed by atoms with Crippen molar-refractivity contribution < 1.29 is 4.39 Å². The second-order valence-electron chi connectivity index (χ2n) is 5.75. The summed E-state index contributed by atoms with van der Waals surface area (Å²) in [4.78, 5) is 2.36. The van der Waals surface area contributed by atoms with E-state index >= 15 is 0 Å². The summed E-state index contributed by atoms with van der Waals surface area (Å²) in [5.74, 6) is -0.204. The average Bonchev–Trinajstić information content (AvgIpc) is 2.67. The van der Waals surface area contributed by atoms with Gasteiger partial charge in [0.25, 0.3) is 0 Å². The number of hydrogen-bond donors (Lipinski definition) is 1. The Hall–Kier alpha value is -0.930. The van der Waals surface area contributed by atoms with Crippen molar-refractivity contribution in [3.63, 3.8) is 0 Å². The summed E-state index contributed by atoms with van der Waals surface area (Å²) in [5, 5.41) is 0. The minimum Gasteiger partial charge on any atom is -0.323 e. The van der Waals surface area contributed by atoms with Crippen LogP contribution < -0.4 is 5.73 Å². The number of halogens is 1. The first kappa shape index (κ1) is 14.5. The summed E-state index contributed by atoms with van der Waals surface area (Å²) >= 11 is 0. The molecule has 1 aliphatic carbocycles. The molecule has 106 valence electrons. The Morgan fingerprint density at radius 2 is 1.95 bits per heavy atom. The molecule has 1 aliphatic rings. The van der Waals surface area contributed by atoms with Crippen LogP contribution in [0.3, 0.4) is 0 Å². The summed E-state index contributed by atoms with van der Waals surface area (Å²) in [6, 6.07) is 7.19. The number of nitrogens with zero attached hydrogens (tertiary/aromatic N) is 1. The first-order chi connectivity index (χ1) is 9.16. The van der Waals surface area contributed by atoms with Crippen molar-refractivity contribution >= 4 is 0 Å². The van der Waals surface area contributed by atoms with Gasteiger partial charge in [-0.25, -0.2) is 4.39 Å². The fourth-order valence-electron chi connectivity index (χ4n) is 3.00. The van der Waals surface area contributed by atoms with E-state index in [-0.39, 0.29) is 11.9 Å². The van der Waals surface area contributed by atoms with Gasteiger partial charge < -0.3 is 10.6 Å². The largest absolute Gasteiger partial charge is 0.323 e. The minimum absolute atomic E-state index is 0.107. The van der Waals surface area contributed by atoms with Crippen LogP contribution in [0.15, 0.2) is 24.3 Å². The molecule has 0 saturated heterocycles. The molecule has 1 fully saturated rings. The van der Waals surface area contributed by atoms with E-state index in [9.17, 15) is 4.39 Å². The molecular weight excluding hydrogens is 239 g/mol. The predicted octanol–water partition coefficient (Wildman–Crippen LogP) is 3.48. The van der Waals surface area contributed by atoms with Gasteiger partial charge in [0.05, 0.1) is 0 Å². The lowest BCUT2D eigenvalue weighted by Gasteiger charge is -2.29. The normalized spacial score (nSPS) is 19.4. The molecule has 19 heavy (non-hydrogen) atoms. The van der Waals surface area contributed by atoms with E-state index in [1.807, 2.05) is 6.07 Å². The highest BCUT2D eigenvalue weighted by Crippen LogP contribution is 2.22. The zero-order valence-corrected chi connectivity index (χ0v) is 11.8. The van der Waals surface area contributed by atoms with E-state index in [0.717, 1.165) is 12.1 Å². The lowest BCUT2D eigenvalue weighted by atomic mass is 10.0. The summed E-state index contributed by atoms with van der Waals surface area (Å²) in [6.07, 6.45) is 7.91. The van der Waals surface area contributed by atoms with Crippen LogP contribution in [0.4, 0.5) is 4.39 Å². The third-order valence-corrected chi connectivity index (χ3v) is 4.21. The highest BCUT2D eigenvalue weighted by atomic mass is 19.1. The maximum atomic E-state index is 13.2. The van der Waals surface area contributed by atoms with Gasteiger partial charge in [-0.2, -0.15) is 0 Å². The maximum Gasteiger partial charge on any atom is 0.123 e. The molecular formula is C16H25FN2. The zero-order chi connectivity index (χ0) is 13.7. The smallest absolute Gasteiger partial charge is 0.123 e. The number of nitrogens with two attached hydrogens (primary N) is 1. The third kappa shape index (κ3) is 4.29. The van der Waals surface area contributed by atoms with E-state index in [0.29, 0.717) is 6.04 Å². The Morgan fingerprint density at radius 1 is 1.26 bits per heavy atom. The molecule has 1 aromatic carbocycles. The molecule has 1 aromatic rings. The van der Waals surface area contributed by atoms with Gasteiger partial charge in [-0.1, -0.05) is 37.8 Å². The number of hydrogen-bond acceptors (Lipinski definition) is 2. The van der Waals surface area contributed by atoms with Gasteiger partial charge in [0.1, 0.15) is 5.82 Å². The van der Waals surface area contributed by atoms with E-state index in [1.54, 1.807) is 12.1 Å². The van der Waals surface area contributed by atoms with Crippen molar-refractivity contribution in [2.75, 3.05) is 13.6 Å². The molecule has 0 bridgehead atoms. The number of benzene rings is 1. The van der Waals surface area contributed by atoms with E-state index in [1.165, 1.54) is 44.6 Å². The van der Waals surface area contributed by atoms with Gasteiger partial charge in [0.2, 0.25) is 0 Å². The molecule has 2 rings (SSSR count). The number of likely N-dealkylation sites (N-methyl/N-ethyl adjacent to an activating group) is 1. The Balaban J connectivity index is 1.92. The van der Waals surface area contributed by atoms with Crippen LogP contribution >= 0.6 is 0 Å². The Morgan fingerprint density at radius 3 is 2.58 bits per heavy atom. The lowest BCUT2D eigenvalue weighted by Crippen LogP contribution is -2.37. The van der Waals surface area contributed by atoms with Crippen molar-refractivity contribution in [1.29, 1.82) is 0 Å². The quantitative estimate of drug-likeness (QED) is 0.844. The van der Waals surface area contributed by atoms with Crippen molar-refractivity contribution in [2.45, 2.75) is 50.6 Å². The van der Waals surface area contributed by atoms with Gasteiger partial charge in [0, 0.05) is 18.6 Å². The molecule has 1 saturated carbocycles. The van der Waals surface area contributed by atoms with Crippen molar-refractivity contribution in [2.24, 2.45) is 5.73 Å². The van der Waals surface area contributed by atoms with Crippen LogP contribution in [-0.4, -0.2) is 24.5 Å².